The van der Waals surface area contributed by atoms with E-state index < -0.39 is 23.8 Å². The third-order valence-corrected chi connectivity index (χ3v) is 5.19. The fraction of sp³-hybridized carbons (Fsp3) is 0.458. The number of carbonyl (C=O) groups excluding carboxylic acids is 1. The van der Waals surface area contributed by atoms with E-state index in [2.05, 4.69) is 20.1 Å². The molecule has 1 fully saturated rings. The fourth-order valence-electron chi connectivity index (χ4n) is 3.57. The second-order valence-electron chi connectivity index (χ2n) is 8.84. The van der Waals surface area contributed by atoms with Crippen LogP contribution in [0.1, 0.15) is 34.1 Å². The van der Waals surface area contributed by atoms with Gasteiger partial charge in [-0.25, -0.2) is 9.59 Å². The number of hydrogen-bond donors (Lipinski definition) is 2. The number of nitrogens with one attached hydrogen (secondary N) is 1. The van der Waals surface area contributed by atoms with Gasteiger partial charge in [0.05, 0.1) is 5.69 Å². The number of carboxylic acids is 1. The maximum Gasteiger partial charge on any atom is 0.412 e. The summed E-state index contributed by atoms with van der Waals surface area (Å²) < 4.78 is 11.1. The zero-order valence-electron chi connectivity index (χ0n) is 19.6. The Bertz CT molecular complexity index is 953. The highest BCUT2D eigenvalue weighted by Crippen LogP contribution is 2.32. The van der Waals surface area contributed by atoms with Crippen LogP contribution >= 0.6 is 0 Å². The molecule has 3 rings (SSSR count). The molecule has 1 atom stereocenters. The van der Waals surface area contributed by atoms with E-state index in [1.54, 1.807) is 52.2 Å². The maximum absolute atomic E-state index is 12.4. The topological polar surface area (TPSA) is 104 Å². The van der Waals surface area contributed by atoms with Crippen molar-refractivity contribution in [1.82, 2.24) is 4.98 Å². The Morgan fingerprint density at radius 3 is 2.21 bits per heavy atom. The number of aliphatic carboxylic acids is 1. The van der Waals surface area contributed by atoms with E-state index in [0.717, 1.165) is 37.6 Å². The molecule has 1 aliphatic heterocycles. The molecule has 0 bridgehead atoms. The Kier molecular flexibility index (Phi) is 7.63. The van der Waals surface area contributed by atoms with Gasteiger partial charge in [-0.2, -0.15) is 0 Å². The van der Waals surface area contributed by atoms with Crippen LogP contribution in [-0.2, 0) is 9.53 Å². The summed E-state index contributed by atoms with van der Waals surface area (Å²) in [5, 5.41) is 12.1. The highest BCUT2D eigenvalue weighted by Gasteiger charge is 2.23. The van der Waals surface area contributed by atoms with Gasteiger partial charge in [0, 0.05) is 49.9 Å². The van der Waals surface area contributed by atoms with Crippen LogP contribution < -0.4 is 19.9 Å². The van der Waals surface area contributed by atoms with Gasteiger partial charge in [0.2, 0.25) is 0 Å². The quantitative estimate of drug-likeness (QED) is 0.644. The highest BCUT2D eigenvalue weighted by molar-refractivity contribution is 5.88. The first-order chi connectivity index (χ1) is 15.7. The Morgan fingerprint density at radius 2 is 1.67 bits per heavy atom. The molecule has 2 aromatic rings. The second-order valence-corrected chi connectivity index (χ2v) is 8.84. The average molecular weight is 457 g/mol. The maximum atomic E-state index is 12.4. The van der Waals surface area contributed by atoms with E-state index in [1.165, 1.54) is 0 Å². The molecular formula is C24H32N4O5. The van der Waals surface area contributed by atoms with Crippen molar-refractivity contribution >= 4 is 29.1 Å². The molecule has 2 heterocycles. The molecule has 178 valence electrons. The Balaban J connectivity index is 1.78. The molecule has 0 radical (unpaired) electrons. The van der Waals surface area contributed by atoms with E-state index in [-0.39, 0.29) is 5.75 Å². The molecule has 1 aliphatic rings. The Labute approximate surface area is 194 Å². The standard InChI is InChI=1S/C24H32N4O5/c1-5-20(22(29)30)32-21-7-6-18(16-19(21)26-23(31)33-24(2,3)4)28-14-12-27(13-15-28)17-8-10-25-11-9-17/h6-11,16,20H,5,12-15H2,1-4H3,(H,26,31)(H,29,30). The molecule has 1 saturated heterocycles. The van der Waals surface area contributed by atoms with Gasteiger partial charge in [0.15, 0.2) is 6.10 Å². The molecule has 0 spiro atoms. The molecule has 9 heteroatoms. The lowest BCUT2D eigenvalue weighted by molar-refractivity contribution is -0.145. The number of ether oxygens (including phenoxy) is 2. The number of benzene rings is 1. The summed E-state index contributed by atoms with van der Waals surface area (Å²) >= 11 is 0. The van der Waals surface area contributed by atoms with Crippen LogP contribution in [0.15, 0.2) is 42.7 Å². The monoisotopic (exact) mass is 456 g/mol. The number of aromatic nitrogens is 1. The van der Waals surface area contributed by atoms with Crippen molar-refractivity contribution < 1.29 is 24.2 Å². The van der Waals surface area contributed by atoms with Gasteiger partial charge >= 0.3 is 12.1 Å². The van der Waals surface area contributed by atoms with Crippen LogP contribution in [0.4, 0.5) is 21.9 Å². The summed E-state index contributed by atoms with van der Waals surface area (Å²) in [7, 11) is 0. The minimum atomic E-state index is -1.06. The highest BCUT2D eigenvalue weighted by atomic mass is 16.6. The van der Waals surface area contributed by atoms with Crippen LogP contribution in [0, 0.1) is 0 Å². The van der Waals surface area contributed by atoms with Crippen LogP contribution in [-0.4, -0.2) is 60.0 Å². The van der Waals surface area contributed by atoms with E-state index in [0.29, 0.717) is 12.1 Å². The third kappa shape index (κ3) is 6.74. The number of carbonyl (C=O) groups is 2. The van der Waals surface area contributed by atoms with Gasteiger partial charge < -0.3 is 24.4 Å². The number of pyridine rings is 1. The summed E-state index contributed by atoms with van der Waals surface area (Å²) in [5.41, 5.74) is 1.75. The number of anilines is 3. The summed E-state index contributed by atoms with van der Waals surface area (Å²) in [4.78, 5) is 32.5. The van der Waals surface area contributed by atoms with Gasteiger partial charge in [0.25, 0.3) is 0 Å². The number of hydrogen-bond acceptors (Lipinski definition) is 7. The predicted molar refractivity (Wildman–Crippen MR) is 127 cm³/mol. The lowest BCUT2D eigenvalue weighted by atomic mass is 10.2. The minimum Gasteiger partial charge on any atom is -0.479 e. The molecule has 33 heavy (non-hydrogen) atoms. The number of rotatable bonds is 7. The summed E-state index contributed by atoms with van der Waals surface area (Å²) in [6, 6.07) is 9.37. The predicted octanol–water partition coefficient (Wildman–Crippen LogP) is 4.00. The largest absolute Gasteiger partial charge is 0.479 e. The summed E-state index contributed by atoms with van der Waals surface area (Å²) in [6.07, 6.45) is 2.22. The summed E-state index contributed by atoms with van der Waals surface area (Å²) in [5.74, 6) is -0.772. The lowest BCUT2D eigenvalue weighted by Gasteiger charge is -2.37. The SMILES string of the molecule is CCC(Oc1ccc(N2CCN(c3ccncc3)CC2)cc1NC(=O)OC(C)(C)C)C(=O)O. The van der Waals surface area contributed by atoms with E-state index in [9.17, 15) is 14.7 Å². The zero-order chi connectivity index (χ0) is 24.0. The van der Waals surface area contributed by atoms with Gasteiger partial charge in [-0.05, 0) is 57.5 Å². The van der Waals surface area contributed by atoms with Gasteiger partial charge in [-0.1, -0.05) is 6.92 Å². The van der Waals surface area contributed by atoms with Crippen LogP contribution in [0.2, 0.25) is 0 Å². The van der Waals surface area contributed by atoms with Gasteiger partial charge in [-0.15, -0.1) is 0 Å². The van der Waals surface area contributed by atoms with Crippen molar-refractivity contribution in [3.63, 3.8) is 0 Å². The normalized spacial score (nSPS) is 15.0. The molecule has 1 aromatic heterocycles. The second kappa shape index (κ2) is 10.4. The molecule has 1 aromatic carbocycles. The molecule has 1 amide bonds. The smallest absolute Gasteiger partial charge is 0.412 e. The van der Waals surface area contributed by atoms with Gasteiger partial charge in [0.1, 0.15) is 11.4 Å². The number of carboxylic acid groups (broad SMARTS) is 1. The minimum absolute atomic E-state index is 0.286. The Hall–Kier alpha value is -3.49. The van der Waals surface area contributed by atoms with E-state index in [4.69, 9.17) is 9.47 Å². The fourth-order valence-corrected chi connectivity index (χ4v) is 3.57. The number of nitrogens with zero attached hydrogens (tertiary/aromatic N) is 3. The third-order valence-electron chi connectivity index (χ3n) is 5.19. The molecule has 0 aliphatic carbocycles. The van der Waals surface area contributed by atoms with Crippen molar-refractivity contribution in [3.8, 4) is 5.75 Å². The lowest BCUT2D eigenvalue weighted by Crippen LogP contribution is -2.46. The van der Waals surface area contributed by atoms with Crippen molar-refractivity contribution in [2.45, 2.75) is 45.8 Å². The summed E-state index contributed by atoms with van der Waals surface area (Å²) in [6.45, 7) is 10.3. The Morgan fingerprint density at radius 1 is 1.06 bits per heavy atom. The first-order valence-electron chi connectivity index (χ1n) is 11.1. The van der Waals surface area contributed by atoms with Crippen molar-refractivity contribution in [2.24, 2.45) is 0 Å². The van der Waals surface area contributed by atoms with Crippen LogP contribution in [0.25, 0.3) is 0 Å². The molecule has 1 unspecified atom stereocenters. The van der Waals surface area contributed by atoms with E-state index in [1.807, 2.05) is 18.2 Å². The molecule has 2 N–H and O–H groups in total. The number of piperazine rings is 1. The zero-order valence-corrected chi connectivity index (χ0v) is 19.6. The van der Waals surface area contributed by atoms with Crippen LogP contribution in [0.3, 0.4) is 0 Å². The first kappa shape index (κ1) is 24.2. The van der Waals surface area contributed by atoms with Crippen molar-refractivity contribution in [3.05, 3.63) is 42.7 Å². The van der Waals surface area contributed by atoms with Crippen molar-refractivity contribution in [1.29, 1.82) is 0 Å². The molecular weight excluding hydrogens is 424 g/mol. The van der Waals surface area contributed by atoms with Crippen molar-refractivity contribution in [2.75, 3.05) is 41.3 Å². The van der Waals surface area contributed by atoms with Gasteiger partial charge in [-0.3, -0.25) is 10.3 Å². The molecule has 9 nitrogen and oxygen atoms in total. The number of amides is 1. The van der Waals surface area contributed by atoms with E-state index >= 15 is 0 Å². The first-order valence-corrected chi connectivity index (χ1v) is 11.1. The average Bonchev–Trinajstić information content (AvgIpc) is 2.77. The van der Waals surface area contributed by atoms with Crippen LogP contribution in [0.5, 0.6) is 5.75 Å². The molecule has 0 saturated carbocycles.